The lowest BCUT2D eigenvalue weighted by Gasteiger charge is -2.32. The molecule has 10 nitrogen and oxygen atoms in total. The average Bonchev–Trinajstić information content (AvgIpc) is 3.26. The highest BCUT2D eigenvalue weighted by atomic mass is 32.1. The van der Waals surface area contributed by atoms with E-state index < -0.39 is 16.8 Å². The maximum absolute atomic E-state index is 12.8. The van der Waals surface area contributed by atoms with Gasteiger partial charge < -0.3 is 25.7 Å². The molecule has 4 aromatic rings. The number of hydrogen-bond acceptors (Lipinski definition) is 9. The van der Waals surface area contributed by atoms with Crippen LogP contribution >= 0.6 is 11.3 Å². The molecule has 0 bridgehead atoms. The second-order valence-corrected chi connectivity index (χ2v) is 9.86. The van der Waals surface area contributed by atoms with Gasteiger partial charge in [-0.25, -0.2) is 4.98 Å². The van der Waals surface area contributed by atoms with Gasteiger partial charge in [-0.15, -0.1) is 11.3 Å². The molecule has 4 heterocycles. The van der Waals surface area contributed by atoms with Crippen LogP contribution in [0.15, 0.2) is 32.6 Å². The molecule has 2 aromatic carbocycles. The highest BCUT2D eigenvalue weighted by Gasteiger charge is 2.27. The van der Waals surface area contributed by atoms with Crippen molar-refractivity contribution in [3.8, 4) is 0 Å². The molecule has 35 heavy (non-hydrogen) atoms. The Balaban J connectivity index is 1.19. The number of H-pyrrole nitrogens is 1. The molecule has 1 amide bonds. The van der Waals surface area contributed by atoms with Crippen LogP contribution in [0, 0.1) is 0 Å². The SMILES string of the molecule is Nc1c(N2CCc3ccc(CNC(=O)c4nc5sc6c(c5c(=O)[nH]4)CCOC6)cc3C2)c(=O)c1=O. The van der Waals surface area contributed by atoms with Crippen LogP contribution in [0.2, 0.25) is 0 Å². The van der Waals surface area contributed by atoms with Crippen molar-refractivity contribution in [2.45, 2.75) is 32.5 Å². The average molecular weight is 492 g/mol. The molecule has 0 saturated heterocycles. The summed E-state index contributed by atoms with van der Waals surface area (Å²) in [7, 11) is 0. The summed E-state index contributed by atoms with van der Waals surface area (Å²) < 4.78 is 5.46. The van der Waals surface area contributed by atoms with E-state index in [-0.39, 0.29) is 23.6 Å². The van der Waals surface area contributed by atoms with Crippen molar-refractivity contribution in [1.82, 2.24) is 15.3 Å². The molecule has 2 aromatic heterocycles. The quantitative estimate of drug-likeness (QED) is 0.354. The minimum absolute atomic E-state index is 0.0262. The molecule has 0 aliphatic carbocycles. The molecule has 0 saturated carbocycles. The molecule has 178 valence electrons. The Morgan fingerprint density at radius 1 is 1.20 bits per heavy atom. The molecule has 0 spiro atoms. The highest BCUT2D eigenvalue weighted by Crippen LogP contribution is 2.31. The number of carbonyl (C=O) groups excluding carboxylic acids is 1. The van der Waals surface area contributed by atoms with Gasteiger partial charge in [-0.3, -0.25) is 19.2 Å². The third-order valence-corrected chi connectivity index (χ3v) is 7.76. The van der Waals surface area contributed by atoms with Crippen molar-refractivity contribution in [1.29, 1.82) is 0 Å². The molecule has 2 aliphatic rings. The first-order chi connectivity index (χ1) is 16.9. The zero-order valence-corrected chi connectivity index (χ0v) is 19.4. The number of nitrogens with two attached hydrogens (primary N) is 1. The Kier molecular flexibility index (Phi) is 5.04. The van der Waals surface area contributed by atoms with Crippen molar-refractivity contribution in [2.24, 2.45) is 0 Å². The second-order valence-electron chi connectivity index (χ2n) is 8.78. The molecular weight excluding hydrogens is 470 g/mol. The first-order valence-electron chi connectivity index (χ1n) is 11.3. The molecule has 2 aliphatic heterocycles. The lowest BCUT2D eigenvalue weighted by atomic mass is 9.96. The Labute approximate surface area is 202 Å². The van der Waals surface area contributed by atoms with E-state index in [1.165, 1.54) is 11.3 Å². The van der Waals surface area contributed by atoms with Crippen LogP contribution in [-0.2, 0) is 37.3 Å². The predicted molar refractivity (Wildman–Crippen MR) is 132 cm³/mol. The van der Waals surface area contributed by atoms with Crippen LogP contribution in [0.4, 0.5) is 11.4 Å². The number of fused-ring (bicyclic) bond motifs is 4. The lowest BCUT2D eigenvalue weighted by molar-refractivity contribution is 0.0940. The first-order valence-corrected chi connectivity index (χ1v) is 12.1. The van der Waals surface area contributed by atoms with E-state index in [9.17, 15) is 19.2 Å². The summed E-state index contributed by atoms with van der Waals surface area (Å²) in [6, 6.07) is 5.91. The number of nitrogens with zero attached hydrogens (tertiary/aromatic N) is 2. The fourth-order valence-electron chi connectivity index (χ4n) is 4.83. The van der Waals surface area contributed by atoms with E-state index in [1.807, 2.05) is 23.1 Å². The Morgan fingerprint density at radius 2 is 2.06 bits per heavy atom. The summed E-state index contributed by atoms with van der Waals surface area (Å²) in [5, 5.41) is 3.37. The number of aromatic nitrogens is 2. The summed E-state index contributed by atoms with van der Waals surface area (Å²) in [5.41, 5.74) is 8.57. The van der Waals surface area contributed by atoms with Crippen LogP contribution in [0.5, 0.6) is 0 Å². The Hall–Kier alpha value is -3.83. The van der Waals surface area contributed by atoms with Crippen LogP contribution in [0.1, 0.15) is 37.7 Å². The van der Waals surface area contributed by atoms with Gasteiger partial charge in [0.15, 0.2) is 0 Å². The largest absolute Gasteiger partial charge is 0.394 e. The van der Waals surface area contributed by atoms with E-state index in [0.717, 1.165) is 33.6 Å². The van der Waals surface area contributed by atoms with Crippen molar-refractivity contribution >= 4 is 38.8 Å². The molecule has 0 atom stereocenters. The third-order valence-electron chi connectivity index (χ3n) is 6.66. The van der Waals surface area contributed by atoms with Crippen LogP contribution < -0.4 is 32.4 Å². The van der Waals surface area contributed by atoms with Gasteiger partial charge in [0.05, 0.1) is 18.6 Å². The van der Waals surface area contributed by atoms with Crippen molar-refractivity contribution in [2.75, 3.05) is 23.8 Å². The maximum Gasteiger partial charge on any atom is 0.287 e. The summed E-state index contributed by atoms with van der Waals surface area (Å²) >= 11 is 1.39. The van der Waals surface area contributed by atoms with Gasteiger partial charge in [-0.1, -0.05) is 18.2 Å². The molecule has 6 rings (SSSR count). The van der Waals surface area contributed by atoms with E-state index in [4.69, 9.17) is 10.5 Å². The van der Waals surface area contributed by atoms with Gasteiger partial charge in [-0.2, -0.15) is 0 Å². The Morgan fingerprint density at radius 3 is 2.89 bits per heavy atom. The first kappa shape index (κ1) is 21.7. The molecule has 4 N–H and O–H groups in total. The van der Waals surface area contributed by atoms with Crippen molar-refractivity contribution in [3.63, 3.8) is 0 Å². The number of hydrogen-bond donors (Lipinski definition) is 3. The number of anilines is 2. The van der Waals surface area contributed by atoms with Crippen molar-refractivity contribution < 1.29 is 9.53 Å². The number of carbonyl (C=O) groups is 1. The van der Waals surface area contributed by atoms with E-state index >= 15 is 0 Å². The van der Waals surface area contributed by atoms with Crippen molar-refractivity contribution in [3.05, 3.63) is 82.0 Å². The number of ether oxygens (including phenoxy) is 1. The highest BCUT2D eigenvalue weighted by molar-refractivity contribution is 7.18. The minimum atomic E-state index is -0.622. The zero-order chi connectivity index (χ0) is 24.3. The van der Waals surface area contributed by atoms with Gasteiger partial charge in [0.2, 0.25) is 5.82 Å². The molecule has 0 fully saturated rings. The normalized spacial score (nSPS) is 15.3. The van der Waals surface area contributed by atoms with Crippen LogP contribution in [0.3, 0.4) is 0 Å². The minimum Gasteiger partial charge on any atom is -0.394 e. The fourth-order valence-corrected chi connectivity index (χ4v) is 5.98. The molecule has 0 radical (unpaired) electrons. The standard InChI is InChI=1S/C24H21N5O5S/c25-17-18(20(31)19(17)30)29-5-3-12-2-1-11(7-13(12)9-29)8-26-23(33)21-27-22(32)16-14-4-6-34-10-15(14)35-24(16)28-21/h1-2,7H,3-6,8-10,25H2,(H,26,33)(H,27,28,32). The van der Waals surface area contributed by atoms with Gasteiger partial charge in [-0.05, 0) is 35.1 Å². The topological polar surface area (TPSA) is 147 Å². The lowest BCUT2D eigenvalue weighted by Crippen LogP contribution is -2.44. The number of rotatable bonds is 4. The summed E-state index contributed by atoms with van der Waals surface area (Å²) in [6.07, 6.45) is 1.39. The fraction of sp³-hybridized carbons (Fsp3) is 0.292. The second kappa shape index (κ2) is 8.14. The number of benzene rings is 1. The molecule has 0 unspecified atom stereocenters. The van der Waals surface area contributed by atoms with Crippen LogP contribution in [0.25, 0.3) is 10.2 Å². The van der Waals surface area contributed by atoms with E-state index in [0.29, 0.717) is 48.6 Å². The number of thiophene rings is 1. The van der Waals surface area contributed by atoms with E-state index in [1.54, 1.807) is 0 Å². The Bertz CT molecular complexity index is 1650. The smallest absolute Gasteiger partial charge is 0.287 e. The summed E-state index contributed by atoms with van der Waals surface area (Å²) in [5.74, 6) is -0.496. The van der Waals surface area contributed by atoms with Crippen LogP contribution in [-0.4, -0.2) is 29.0 Å². The zero-order valence-electron chi connectivity index (χ0n) is 18.6. The number of amides is 1. The number of aromatic amines is 1. The predicted octanol–water partition coefficient (Wildman–Crippen LogP) is 0.728. The number of nitrogen functional groups attached to an aromatic ring is 1. The molecule has 11 heteroatoms. The van der Waals surface area contributed by atoms with Gasteiger partial charge in [0.1, 0.15) is 16.2 Å². The molecular formula is C24H21N5O5S. The summed E-state index contributed by atoms with van der Waals surface area (Å²) in [4.78, 5) is 59.2. The number of nitrogens with one attached hydrogen (secondary N) is 2. The monoisotopic (exact) mass is 491 g/mol. The van der Waals surface area contributed by atoms with Gasteiger partial charge in [0, 0.05) is 24.5 Å². The third kappa shape index (κ3) is 3.55. The summed E-state index contributed by atoms with van der Waals surface area (Å²) in [6.45, 7) is 2.34. The van der Waals surface area contributed by atoms with Gasteiger partial charge in [0.25, 0.3) is 22.3 Å². The van der Waals surface area contributed by atoms with Gasteiger partial charge >= 0.3 is 0 Å². The van der Waals surface area contributed by atoms with E-state index in [2.05, 4.69) is 15.3 Å². The maximum atomic E-state index is 12.8.